The number of hydrogen-bond donors (Lipinski definition) is 1. The Balaban J connectivity index is 2.62. The van der Waals surface area contributed by atoms with Gasteiger partial charge in [-0.15, -0.1) is 18.3 Å². The maximum absolute atomic E-state index is 11.8. The molecular weight excluding hydrogens is 200 g/mol. The molecular formula is C9H12N2O2S. The lowest BCUT2D eigenvalue weighted by atomic mass is 10.5. The van der Waals surface area contributed by atoms with Crippen molar-refractivity contribution in [2.45, 2.75) is 24.6 Å². The Kier molecular flexibility index (Phi) is 2.19. The smallest absolute Gasteiger partial charge is 0.332 e. The zero-order chi connectivity index (χ0) is 10.3. The molecule has 1 unspecified atom stereocenters. The second-order valence-electron chi connectivity index (χ2n) is 3.23. The van der Waals surface area contributed by atoms with Gasteiger partial charge < -0.3 is 5.11 Å². The quantitative estimate of drug-likeness (QED) is 0.752. The fourth-order valence-electron chi connectivity index (χ4n) is 1.68. The molecule has 5 heteroatoms. The molecule has 2 rings (SSSR count). The van der Waals surface area contributed by atoms with Gasteiger partial charge >= 0.3 is 5.69 Å². The van der Waals surface area contributed by atoms with E-state index in [1.807, 2.05) is 6.92 Å². The van der Waals surface area contributed by atoms with E-state index in [-0.39, 0.29) is 16.9 Å². The normalized spacial score (nSPS) is 19.6. The summed E-state index contributed by atoms with van der Waals surface area (Å²) in [5.41, 5.74) is 0.587. The van der Waals surface area contributed by atoms with Crippen molar-refractivity contribution in [1.29, 1.82) is 0 Å². The van der Waals surface area contributed by atoms with Gasteiger partial charge in [0, 0.05) is 12.3 Å². The monoisotopic (exact) mass is 212 g/mol. The van der Waals surface area contributed by atoms with E-state index < -0.39 is 0 Å². The van der Waals surface area contributed by atoms with Crippen molar-refractivity contribution in [2.24, 2.45) is 0 Å². The third kappa shape index (κ3) is 1.12. The first-order valence-electron chi connectivity index (χ1n) is 4.42. The first-order valence-corrected chi connectivity index (χ1v) is 5.47. The molecule has 0 saturated carbocycles. The van der Waals surface area contributed by atoms with Crippen LogP contribution in [-0.4, -0.2) is 14.2 Å². The summed E-state index contributed by atoms with van der Waals surface area (Å²) in [5.74, 6) is 0.790. The van der Waals surface area contributed by atoms with E-state index in [1.54, 1.807) is 22.4 Å². The van der Waals surface area contributed by atoms with Gasteiger partial charge in [-0.3, -0.25) is 9.13 Å². The van der Waals surface area contributed by atoms with Crippen molar-refractivity contribution in [3.05, 3.63) is 28.8 Å². The Morgan fingerprint density at radius 1 is 1.79 bits per heavy atom. The van der Waals surface area contributed by atoms with Crippen molar-refractivity contribution >= 4 is 11.8 Å². The van der Waals surface area contributed by atoms with E-state index in [1.165, 1.54) is 4.57 Å². The molecule has 76 valence electrons. The fraction of sp³-hybridized carbons (Fsp3) is 0.444. The SMILES string of the molecule is C=CCn1c(O)c2n(c1=O)C(C)SC2. The molecule has 0 aliphatic carbocycles. The number of rotatable bonds is 2. The van der Waals surface area contributed by atoms with E-state index in [2.05, 4.69) is 6.58 Å². The lowest BCUT2D eigenvalue weighted by Crippen LogP contribution is -2.24. The molecule has 1 aliphatic heterocycles. The molecule has 14 heavy (non-hydrogen) atoms. The highest BCUT2D eigenvalue weighted by molar-refractivity contribution is 7.98. The summed E-state index contributed by atoms with van der Waals surface area (Å²) in [6.07, 6.45) is 1.61. The molecule has 0 saturated heterocycles. The third-order valence-corrected chi connectivity index (χ3v) is 3.51. The fourth-order valence-corrected chi connectivity index (χ4v) is 2.71. The van der Waals surface area contributed by atoms with Gasteiger partial charge in [0.1, 0.15) is 0 Å². The van der Waals surface area contributed by atoms with Crippen molar-refractivity contribution in [3.63, 3.8) is 0 Å². The van der Waals surface area contributed by atoms with Gasteiger partial charge in [0.05, 0.1) is 11.1 Å². The van der Waals surface area contributed by atoms with E-state index in [0.717, 1.165) is 5.69 Å². The van der Waals surface area contributed by atoms with Gasteiger partial charge in [0.25, 0.3) is 0 Å². The van der Waals surface area contributed by atoms with Crippen LogP contribution in [0.5, 0.6) is 5.88 Å². The molecule has 0 spiro atoms. The molecule has 0 bridgehead atoms. The zero-order valence-electron chi connectivity index (χ0n) is 7.93. The number of imidazole rings is 1. The Hall–Kier alpha value is -1.10. The molecule has 1 aliphatic rings. The minimum atomic E-state index is -0.144. The predicted octanol–water partition coefficient (Wildman–Crippen LogP) is 1.31. The molecule has 0 aromatic carbocycles. The van der Waals surface area contributed by atoms with Crippen molar-refractivity contribution in [2.75, 3.05) is 0 Å². The van der Waals surface area contributed by atoms with Gasteiger partial charge in [0.15, 0.2) is 0 Å². The van der Waals surface area contributed by atoms with Crippen LogP contribution in [0.1, 0.15) is 18.0 Å². The summed E-state index contributed by atoms with van der Waals surface area (Å²) in [7, 11) is 0. The second kappa shape index (κ2) is 3.24. The lowest BCUT2D eigenvalue weighted by molar-refractivity contribution is 0.419. The number of thioether (sulfide) groups is 1. The minimum Gasteiger partial charge on any atom is -0.493 e. The van der Waals surface area contributed by atoms with Crippen LogP contribution in [0.3, 0.4) is 0 Å². The Bertz CT molecular complexity index is 433. The maximum atomic E-state index is 11.8. The average molecular weight is 212 g/mol. The average Bonchev–Trinajstić information content (AvgIpc) is 2.63. The molecule has 0 amide bonds. The van der Waals surface area contributed by atoms with E-state index >= 15 is 0 Å². The highest BCUT2D eigenvalue weighted by Crippen LogP contribution is 2.37. The highest BCUT2D eigenvalue weighted by atomic mass is 32.2. The molecule has 1 aromatic rings. The topological polar surface area (TPSA) is 47.2 Å². The molecule has 1 aromatic heterocycles. The summed E-state index contributed by atoms with van der Waals surface area (Å²) >= 11 is 1.65. The lowest BCUT2D eigenvalue weighted by Gasteiger charge is -2.02. The largest absolute Gasteiger partial charge is 0.493 e. The van der Waals surface area contributed by atoms with E-state index in [0.29, 0.717) is 12.3 Å². The van der Waals surface area contributed by atoms with Gasteiger partial charge in [0.2, 0.25) is 5.88 Å². The summed E-state index contributed by atoms with van der Waals surface area (Å²) in [5, 5.41) is 9.88. The Morgan fingerprint density at radius 2 is 2.50 bits per heavy atom. The van der Waals surface area contributed by atoms with Crippen LogP contribution in [-0.2, 0) is 12.3 Å². The standard InChI is InChI=1S/C9H12N2O2S/c1-3-4-10-8(12)7-5-14-6(2)11(7)9(10)13/h3,6,12H,1,4-5H2,2H3. The number of allylic oxidation sites excluding steroid dienone is 1. The molecule has 4 nitrogen and oxygen atoms in total. The Morgan fingerprint density at radius 3 is 3.07 bits per heavy atom. The zero-order valence-corrected chi connectivity index (χ0v) is 8.75. The van der Waals surface area contributed by atoms with Gasteiger partial charge in [-0.2, -0.15) is 0 Å². The van der Waals surface area contributed by atoms with Crippen LogP contribution in [0.4, 0.5) is 0 Å². The molecule has 1 N–H and O–H groups in total. The number of hydrogen-bond acceptors (Lipinski definition) is 3. The summed E-state index contributed by atoms with van der Waals surface area (Å²) < 4.78 is 2.99. The van der Waals surface area contributed by atoms with Crippen LogP contribution >= 0.6 is 11.8 Å². The number of nitrogens with zero attached hydrogens (tertiary/aromatic N) is 2. The second-order valence-corrected chi connectivity index (χ2v) is 4.54. The highest BCUT2D eigenvalue weighted by Gasteiger charge is 2.27. The predicted molar refractivity (Wildman–Crippen MR) is 56.6 cm³/mol. The van der Waals surface area contributed by atoms with Gasteiger partial charge in [-0.05, 0) is 6.92 Å². The van der Waals surface area contributed by atoms with E-state index in [9.17, 15) is 9.90 Å². The summed E-state index contributed by atoms with van der Waals surface area (Å²) in [6.45, 7) is 5.88. The maximum Gasteiger partial charge on any atom is 0.332 e. The number of aromatic hydroxyl groups is 1. The van der Waals surface area contributed by atoms with Gasteiger partial charge in [-0.25, -0.2) is 4.79 Å². The van der Waals surface area contributed by atoms with E-state index in [4.69, 9.17) is 0 Å². The van der Waals surface area contributed by atoms with Crippen LogP contribution in [0.2, 0.25) is 0 Å². The number of fused-ring (bicyclic) bond motifs is 1. The van der Waals surface area contributed by atoms with Crippen LogP contribution in [0.15, 0.2) is 17.4 Å². The van der Waals surface area contributed by atoms with Crippen molar-refractivity contribution < 1.29 is 5.11 Å². The van der Waals surface area contributed by atoms with Gasteiger partial charge in [-0.1, -0.05) is 6.08 Å². The van der Waals surface area contributed by atoms with Crippen molar-refractivity contribution in [3.8, 4) is 5.88 Å². The molecule has 2 heterocycles. The van der Waals surface area contributed by atoms with Crippen molar-refractivity contribution in [1.82, 2.24) is 9.13 Å². The first-order chi connectivity index (χ1) is 6.66. The summed E-state index contributed by atoms with van der Waals surface area (Å²) in [6, 6.07) is 0. The first kappa shape index (κ1) is 9.45. The molecule has 1 atom stereocenters. The molecule has 0 radical (unpaired) electrons. The Labute approximate surface area is 85.9 Å². The molecule has 0 fully saturated rings. The third-order valence-electron chi connectivity index (χ3n) is 2.38. The van der Waals surface area contributed by atoms with Crippen LogP contribution in [0, 0.1) is 0 Å². The number of aromatic nitrogens is 2. The minimum absolute atomic E-state index is 0.0896. The van der Waals surface area contributed by atoms with Crippen LogP contribution in [0.25, 0.3) is 0 Å². The summed E-state index contributed by atoms with van der Waals surface area (Å²) in [4.78, 5) is 11.8. The van der Waals surface area contributed by atoms with Crippen LogP contribution < -0.4 is 5.69 Å².